The van der Waals surface area contributed by atoms with Crippen LogP contribution in [0.5, 0.6) is 0 Å². The molecule has 0 heterocycles. The minimum absolute atomic E-state index is 0.142. The van der Waals surface area contributed by atoms with Crippen LogP contribution in [-0.2, 0) is 9.84 Å². The number of hydrogen-bond acceptors (Lipinski definition) is 4. The van der Waals surface area contributed by atoms with Crippen LogP contribution in [0.25, 0.3) is 0 Å². The minimum Gasteiger partial charge on any atom is -0.396 e. The van der Waals surface area contributed by atoms with Crippen molar-refractivity contribution in [2.24, 2.45) is 0 Å². The number of para-hydroxylation sites is 1. The Balaban J connectivity index is 2.39. The Kier molecular flexibility index (Phi) is 4.00. The third-order valence-electron chi connectivity index (χ3n) is 2.59. The summed E-state index contributed by atoms with van der Waals surface area (Å²) in [6.45, 7) is 0. The highest BCUT2D eigenvalue weighted by atomic mass is 127. The lowest BCUT2D eigenvalue weighted by molar-refractivity contribution is 0.602. The number of anilines is 3. The summed E-state index contributed by atoms with van der Waals surface area (Å²) in [4.78, 5) is 0.142. The van der Waals surface area contributed by atoms with Crippen LogP contribution in [0.1, 0.15) is 0 Å². The van der Waals surface area contributed by atoms with Crippen molar-refractivity contribution < 1.29 is 8.42 Å². The van der Waals surface area contributed by atoms with Crippen molar-refractivity contribution in [1.29, 1.82) is 0 Å². The highest BCUT2D eigenvalue weighted by molar-refractivity contribution is 14.1. The summed E-state index contributed by atoms with van der Waals surface area (Å²) in [5.41, 5.74) is 7.59. The monoisotopic (exact) mass is 388 g/mol. The Morgan fingerprint density at radius 3 is 2.32 bits per heavy atom. The summed E-state index contributed by atoms with van der Waals surface area (Å²) < 4.78 is 24.3. The van der Waals surface area contributed by atoms with Gasteiger partial charge in [0.05, 0.1) is 16.3 Å². The zero-order valence-corrected chi connectivity index (χ0v) is 13.2. The molecule has 0 spiro atoms. The average Bonchev–Trinajstić information content (AvgIpc) is 2.33. The zero-order valence-electron chi connectivity index (χ0n) is 10.2. The predicted octanol–water partition coefficient (Wildman–Crippen LogP) is 3.02. The first kappa shape index (κ1) is 14.1. The summed E-state index contributed by atoms with van der Waals surface area (Å²) in [6, 6.07) is 12.7. The minimum atomic E-state index is -3.32. The summed E-state index contributed by atoms with van der Waals surface area (Å²) in [6.07, 6.45) is 1.15. The maximum atomic E-state index is 11.6. The smallest absolute Gasteiger partial charge is 0.177 e. The van der Waals surface area contributed by atoms with E-state index in [4.69, 9.17) is 5.73 Å². The van der Waals surface area contributed by atoms with Gasteiger partial charge in [-0.3, -0.25) is 0 Å². The third-order valence-corrected chi connectivity index (χ3v) is 4.46. The molecule has 0 aliphatic carbocycles. The lowest BCUT2D eigenvalue weighted by Gasteiger charge is -2.12. The second-order valence-corrected chi connectivity index (χ2v) is 7.35. The van der Waals surface area contributed by atoms with Gasteiger partial charge in [-0.1, -0.05) is 6.07 Å². The van der Waals surface area contributed by atoms with Crippen LogP contribution in [0.2, 0.25) is 0 Å². The molecule has 0 atom stereocenters. The fourth-order valence-corrected chi connectivity index (χ4v) is 2.86. The Bertz CT molecular complexity index is 697. The molecule has 0 unspecified atom stereocenters. The second kappa shape index (κ2) is 5.38. The van der Waals surface area contributed by atoms with Crippen molar-refractivity contribution >= 4 is 49.5 Å². The van der Waals surface area contributed by atoms with Crippen LogP contribution in [0.15, 0.2) is 47.4 Å². The van der Waals surface area contributed by atoms with Crippen molar-refractivity contribution in [3.05, 3.63) is 46.0 Å². The van der Waals surface area contributed by atoms with E-state index in [-0.39, 0.29) is 10.6 Å². The molecule has 0 aliphatic heterocycles. The number of nitrogens with one attached hydrogen (secondary N) is 1. The van der Waals surface area contributed by atoms with E-state index in [9.17, 15) is 8.42 Å². The number of benzene rings is 2. The molecule has 100 valence electrons. The first-order valence-electron chi connectivity index (χ1n) is 5.49. The summed E-state index contributed by atoms with van der Waals surface area (Å²) in [7, 11) is -3.32. The fourth-order valence-electron chi connectivity index (χ4n) is 1.67. The van der Waals surface area contributed by atoms with Crippen molar-refractivity contribution in [1.82, 2.24) is 0 Å². The van der Waals surface area contributed by atoms with Gasteiger partial charge in [0.15, 0.2) is 9.84 Å². The lowest BCUT2D eigenvalue weighted by Crippen LogP contribution is -2.05. The van der Waals surface area contributed by atoms with E-state index in [1.54, 1.807) is 12.1 Å². The molecule has 0 fully saturated rings. The molecular weight excluding hydrogens is 375 g/mol. The largest absolute Gasteiger partial charge is 0.396 e. The van der Waals surface area contributed by atoms with Gasteiger partial charge in [-0.25, -0.2) is 8.42 Å². The van der Waals surface area contributed by atoms with Crippen molar-refractivity contribution in [2.75, 3.05) is 17.3 Å². The van der Waals surface area contributed by atoms with Crippen molar-refractivity contribution in [3.63, 3.8) is 0 Å². The summed E-state index contributed by atoms with van der Waals surface area (Å²) in [5.74, 6) is 0. The van der Waals surface area contributed by atoms with Gasteiger partial charge < -0.3 is 11.1 Å². The number of rotatable bonds is 3. The van der Waals surface area contributed by atoms with Gasteiger partial charge in [0.25, 0.3) is 0 Å². The third kappa shape index (κ3) is 3.38. The normalized spacial score (nSPS) is 11.3. The molecule has 2 aromatic carbocycles. The molecule has 4 nitrogen and oxygen atoms in total. The molecule has 2 rings (SSSR count). The van der Waals surface area contributed by atoms with E-state index in [0.29, 0.717) is 5.69 Å². The average molecular weight is 388 g/mol. The van der Waals surface area contributed by atoms with Gasteiger partial charge in [-0.05, 0) is 59.0 Å². The molecular formula is C13H13IN2O2S. The number of nitrogens with two attached hydrogens (primary N) is 1. The molecule has 19 heavy (non-hydrogen) atoms. The van der Waals surface area contributed by atoms with E-state index in [0.717, 1.165) is 15.5 Å². The van der Waals surface area contributed by atoms with Crippen LogP contribution < -0.4 is 11.1 Å². The molecule has 3 N–H and O–H groups in total. The topological polar surface area (TPSA) is 72.2 Å². The van der Waals surface area contributed by atoms with Crippen LogP contribution in [-0.4, -0.2) is 14.7 Å². The predicted molar refractivity (Wildman–Crippen MR) is 86.4 cm³/mol. The van der Waals surface area contributed by atoms with Gasteiger partial charge in [0, 0.05) is 15.5 Å². The molecule has 0 saturated carbocycles. The van der Waals surface area contributed by atoms with E-state index < -0.39 is 9.84 Å². The Hall–Kier alpha value is -1.28. The highest BCUT2D eigenvalue weighted by Gasteiger charge is 2.13. The Morgan fingerprint density at radius 1 is 1.11 bits per heavy atom. The van der Waals surface area contributed by atoms with E-state index in [1.165, 1.54) is 6.07 Å². The van der Waals surface area contributed by atoms with Crippen molar-refractivity contribution in [3.8, 4) is 0 Å². The molecule has 6 heteroatoms. The lowest BCUT2D eigenvalue weighted by atomic mass is 10.2. The Labute approximate surface area is 126 Å². The van der Waals surface area contributed by atoms with E-state index in [1.807, 2.05) is 24.3 Å². The van der Waals surface area contributed by atoms with E-state index in [2.05, 4.69) is 27.9 Å². The van der Waals surface area contributed by atoms with Gasteiger partial charge in [-0.15, -0.1) is 0 Å². The van der Waals surface area contributed by atoms with Crippen LogP contribution >= 0.6 is 22.6 Å². The van der Waals surface area contributed by atoms with Crippen LogP contribution in [0, 0.1) is 3.57 Å². The number of halogens is 1. The molecule has 0 aliphatic rings. The van der Waals surface area contributed by atoms with Gasteiger partial charge in [0.1, 0.15) is 0 Å². The van der Waals surface area contributed by atoms with E-state index >= 15 is 0 Å². The standard InChI is InChI=1S/C13H13IN2O2S/c1-19(17,18)12-4-2-3-11(13(12)15)16-10-7-5-9(14)6-8-10/h2-8,16H,15H2,1H3. The maximum absolute atomic E-state index is 11.6. The van der Waals surface area contributed by atoms with Gasteiger partial charge in [0.2, 0.25) is 0 Å². The maximum Gasteiger partial charge on any atom is 0.177 e. The Morgan fingerprint density at radius 2 is 1.74 bits per heavy atom. The summed E-state index contributed by atoms with van der Waals surface area (Å²) in [5, 5.41) is 3.12. The molecule has 2 aromatic rings. The quantitative estimate of drug-likeness (QED) is 0.627. The SMILES string of the molecule is CS(=O)(=O)c1cccc(Nc2ccc(I)cc2)c1N. The number of sulfone groups is 1. The molecule has 0 radical (unpaired) electrons. The molecule has 0 amide bonds. The van der Waals surface area contributed by atoms with Gasteiger partial charge in [-0.2, -0.15) is 0 Å². The molecule has 0 bridgehead atoms. The van der Waals surface area contributed by atoms with Crippen molar-refractivity contribution in [2.45, 2.75) is 4.90 Å². The fraction of sp³-hybridized carbons (Fsp3) is 0.0769. The highest BCUT2D eigenvalue weighted by Crippen LogP contribution is 2.29. The van der Waals surface area contributed by atoms with Crippen LogP contribution in [0.4, 0.5) is 17.1 Å². The number of hydrogen-bond donors (Lipinski definition) is 2. The van der Waals surface area contributed by atoms with Gasteiger partial charge >= 0.3 is 0 Å². The zero-order chi connectivity index (χ0) is 14.0. The van der Waals surface area contributed by atoms with Crippen LogP contribution in [0.3, 0.4) is 0 Å². The molecule has 0 saturated heterocycles. The molecule has 0 aromatic heterocycles. The number of nitrogen functional groups attached to an aromatic ring is 1. The first-order valence-corrected chi connectivity index (χ1v) is 8.46. The first-order chi connectivity index (χ1) is 8.88. The summed E-state index contributed by atoms with van der Waals surface area (Å²) >= 11 is 2.22. The second-order valence-electron chi connectivity index (χ2n) is 4.12.